The largest absolute Gasteiger partial charge is 0.573 e. The molecule has 0 aliphatic rings. The van der Waals surface area contributed by atoms with Crippen molar-refractivity contribution in [2.45, 2.75) is 13.3 Å². The third-order valence-corrected chi connectivity index (χ3v) is 3.44. The minimum atomic E-state index is -4.92. The van der Waals surface area contributed by atoms with Crippen molar-refractivity contribution < 1.29 is 25.6 Å². The van der Waals surface area contributed by atoms with Gasteiger partial charge in [-0.05, 0) is 25.1 Å². The molecule has 0 aliphatic carbocycles. The number of aliphatic imine (C=N–C) groups is 1. The summed E-state index contributed by atoms with van der Waals surface area (Å²) in [7, 11) is 1.58. The van der Waals surface area contributed by atoms with Gasteiger partial charge in [-0.1, -0.05) is 30.9 Å². The molecule has 1 amide bonds. The molecule has 9 heteroatoms. The van der Waals surface area contributed by atoms with Crippen LogP contribution in [0.25, 0.3) is 0 Å². The third kappa shape index (κ3) is 7.10. The highest BCUT2D eigenvalue weighted by molar-refractivity contribution is 6.26. The number of hydrogen-bond acceptors (Lipinski definition) is 5. The number of rotatable bonds is 8. The van der Waals surface area contributed by atoms with E-state index >= 15 is 0 Å². The second-order valence-corrected chi connectivity index (χ2v) is 5.48. The molecule has 0 saturated carbocycles. The smallest absolute Gasteiger partial charge is 0.405 e. The molecule has 1 aromatic rings. The van der Waals surface area contributed by atoms with Crippen molar-refractivity contribution in [2.75, 3.05) is 13.6 Å². The van der Waals surface area contributed by atoms with Gasteiger partial charge in [-0.25, -0.2) is 0 Å². The van der Waals surface area contributed by atoms with E-state index in [2.05, 4.69) is 21.6 Å². The molecule has 6 nitrogen and oxygen atoms in total. The summed E-state index contributed by atoms with van der Waals surface area (Å²) in [6.45, 7) is 5.12. The highest BCUT2D eigenvalue weighted by atomic mass is 19.4. The number of nitrogens with two attached hydrogens (primary N) is 1. The maximum Gasteiger partial charge on any atom is 0.573 e. The molecule has 0 atom stereocenters. The molecule has 0 saturated heterocycles. The highest BCUT2D eigenvalue weighted by Gasteiger charge is 2.32. The topological polar surface area (TPSA) is 101 Å². The number of allylic oxidation sites excluding steroid dienone is 4. The molecule has 0 unspecified atom stereocenters. The van der Waals surface area contributed by atoms with Gasteiger partial charge >= 0.3 is 6.36 Å². The van der Waals surface area contributed by atoms with Crippen LogP contribution in [-0.4, -0.2) is 37.3 Å². The number of ether oxygens (including phenoxy) is 1. The first kappa shape index (κ1) is 22.7. The molecular formula is C19H25F3N4O2. The number of carbonyl (C=O) groups excluding carboxylic acids is 1. The van der Waals surface area contributed by atoms with Gasteiger partial charge in [0.2, 0.25) is 0 Å². The van der Waals surface area contributed by atoms with Crippen molar-refractivity contribution in [3.05, 3.63) is 65.9 Å². The van der Waals surface area contributed by atoms with Crippen LogP contribution in [0.2, 0.25) is 0 Å². The number of halogens is 3. The normalized spacial score (nSPS) is 13.1. The van der Waals surface area contributed by atoms with Crippen molar-refractivity contribution in [1.82, 2.24) is 5.32 Å². The molecule has 0 aromatic heterocycles. The molecule has 0 aliphatic heterocycles. The minimum Gasteiger partial charge on any atom is -0.405 e. The van der Waals surface area contributed by atoms with Crippen LogP contribution in [0.5, 0.6) is 5.75 Å². The molecule has 1 rings (SSSR count). The Kier molecular flexibility index (Phi) is 8.18. The first-order valence-electron chi connectivity index (χ1n) is 8.03. The van der Waals surface area contributed by atoms with Gasteiger partial charge in [0.25, 0.3) is 5.91 Å². The van der Waals surface area contributed by atoms with E-state index in [9.17, 15) is 18.0 Å². The van der Waals surface area contributed by atoms with Crippen LogP contribution in [0.15, 0.2) is 65.3 Å². The number of nitrogens with one attached hydrogen (secondary N) is 2. The Morgan fingerprint density at radius 3 is 2.64 bits per heavy atom. The van der Waals surface area contributed by atoms with Gasteiger partial charge in [0.15, 0.2) is 0 Å². The number of para-hydroxylation sites is 1. The number of hydrogen-bond donors (Lipinski definition) is 3. The molecule has 28 heavy (non-hydrogen) atoms. The fourth-order valence-corrected chi connectivity index (χ4v) is 2.10. The fourth-order valence-electron chi connectivity index (χ4n) is 2.10. The molecule has 0 bridgehead atoms. The molecule has 1 aromatic carbocycles. The molecular weight excluding hydrogens is 373 g/mol. The highest BCUT2D eigenvalue weighted by Crippen LogP contribution is 2.26. The lowest BCUT2D eigenvalue weighted by atomic mass is 10.0. The van der Waals surface area contributed by atoms with Gasteiger partial charge in [-0.2, -0.15) is 0 Å². The summed E-state index contributed by atoms with van der Waals surface area (Å²) >= 11 is 0. The predicted octanol–water partition coefficient (Wildman–Crippen LogP) is 3.87. The monoisotopic (exact) mass is 398 g/mol. The van der Waals surface area contributed by atoms with Gasteiger partial charge in [-0.15, -0.1) is 13.2 Å². The van der Waals surface area contributed by atoms with E-state index in [-0.39, 0.29) is 26.4 Å². The molecule has 4 N–H and O–H groups in total. The van der Waals surface area contributed by atoms with Crippen LogP contribution in [-0.2, 0) is 0 Å². The standard InChI is InChI=1S/C19H21F3N4O2.2H2/c1-4-7-14(12(2)25-3)16(24)10-13(23)11-26-18(27)15-8-5-6-9-17(15)28-19(20,21)22;;/h4-10,24H,1,11,23H2,2-3H3,(H,26,27);2*1H/b13-10-,14-7+,24-16?,25-12?;;. The summed E-state index contributed by atoms with van der Waals surface area (Å²) < 4.78 is 41.2. The Bertz CT molecular complexity index is 850. The Labute approximate surface area is 163 Å². The van der Waals surface area contributed by atoms with E-state index in [1.807, 2.05) is 0 Å². The summed E-state index contributed by atoms with van der Waals surface area (Å²) in [6.07, 6.45) is -0.501. The number of benzene rings is 1. The van der Waals surface area contributed by atoms with Gasteiger partial charge in [-0.3, -0.25) is 9.79 Å². The number of alkyl halides is 3. The van der Waals surface area contributed by atoms with Crippen molar-refractivity contribution in [3.8, 4) is 5.75 Å². The van der Waals surface area contributed by atoms with Crippen LogP contribution in [0.1, 0.15) is 20.1 Å². The number of carbonyl (C=O) groups is 1. The summed E-state index contributed by atoms with van der Waals surface area (Å²) in [5.41, 5.74) is 6.80. The molecule has 0 fully saturated rings. The van der Waals surface area contributed by atoms with Crippen molar-refractivity contribution in [1.29, 1.82) is 5.41 Å². The van der Waals surface area contributed by atoms with Crippen molar-refractivity contribution in [3.63, 3.8) is 0 Å². The Morgan fingerprint density at radius 1 is 1.43 bits per heavy atom. The van der Waals surface area contributed by atoms with Gasteiger partial charge in [0.1, 0.15) is 5.75 Å². The number of amides is 1. The van der Waals surface area contributed by atoms with Gasteiger partial charge < -0.3 is 21.2 Å². The summed E-state index contributed by atoms with van der Waals surface area (Å²) in [5.74, 6) is -1.41. The summed E-state index contributed by atoms with van der Waals surface area (Å²) in [5, 5.41) is 10.5. The molecule has 0 heterocycles. The average molecular weight is 398 g/mol. The van der Waals surface area contributed by atoms with Crippen LogP contribution >= 0.6 is 0 Å². The summed E-state index contributed by atoms with van der Waals surface area (Å²) in [4.78, 5) is 16.2. The lowest BCUT2D eigenvalue weighted by Gasteiger charge is -2.13. The van der Waals surface area contributed by atoms with E-state index in [1.54, 1.807) is 20.0 Å². The Morgan fingerprint density at radius 2 is 2.07 bits per heavy atom. The third-order valence-electron chi connectivity index (χ3n) is 3.44. The van der Waals surface area contributed by atoms with E-state index < -0.39 is 18.0 Å². The Balaban J connectivity index is 0. The summed E-state index contributed by atoms with van der Waals surface area (Å²) in [6, 6.07) is 4.96. The van der Waals surface area contributed by atoms with Crippen molar-refractivity contribution >= 4 is 17.3 Å². The molecule has 0 spiro atoms. The predicted molar refractivity (Wildman–Crippen MR) is 107 cm³/mol. The Hall–Kier alpha value is -3.36. The molecule has 154 valence electrons. The van der Waals surface area contributed by atoms with Gasteiger partial charge in [0, 0.05) is 26.9 Å². The quantitative estimate of drug-likeness (QED) is 0.458. The van der Waals surface area contributed by atoms with E-state index in [4.69, 9.17) is 11.1 Å². The minimum absolute atomic E-state index is 0. The van der Waals surface area contributed by atoms with E-state index in [0.717, 1.165) is 6.07 Å². The zero-order chi connectivity index (χ0) is 21.3. The average Bonchev–Trinajstić information content (AvgIpc) is 2.62. The van der Waals surface area contributed by atoms with Crippen LogP contribution < -0.4 is 15.8 Å². The second-order valence-electron chi connectivity index (χ2n) is 5.48. The fraction of sp³-hybridized carbons (Fsp3) is 0.211. The first-order valence-corrected chi connectivity index (χ1v) is 8.03. The van der Waals surface area contributed by atoms with Crippen molar-refractivity contribution in [2.24, 2.45) is 10.7 Å². The van der Waals surface area contributed by atoms with E-state index in [0.29, 0.717) is 11.3 Å². The lowest BCUT2D eigenvalue weighted by molar-refractivity contribution is -0.274. The van der Waals surface area contributed by atoms with Gasteiger partial charge in [0.05, 0.1) is 17.8 Å². The van der Waals surface area contributed by atoms with Crippen LogP contribution in [0.4, 0.5) is 13.2 Å². The molecule has 0 radical (unpaired) electrons. The lowest BCUT2D eigenvalue weighted by Crippen LogP contribution is -2.29. The SMILES string of the molecule is C=C/C=C(/C(=N)/C=C(\N)CNC(=O)c1ccccc1OC(F)(F)F)C(C)=NC.[HH].[HH]. The zero-order valence-corrected chi connectivity index (χ0v) is 15.4. The second kappa shape index (κ2) is 10.1. The van der Waals surface area contributed by atoms with Crippen LogP contribution in [0, 0.1) is 5.41 Å². The maximum atomic E-state index is 12.4. The van der Waals surface area contributed by atoms with Crippen LogP contribution in [0.3, 0.4) is 0 Å². The zero-order valence-electron chi connectivity index (χ0n) is 15.4. The first-order chi connectivity index (χ1) is 13.1. The van der Waals surface area contributed by atoms with E-state index in [1.165, 1.54) is 30.4 Å². The maximum absolute atomic E-state index is 12.4. The number of nitrogens with zero attached hydrogens (tertiary/aromatic N) is 1.